The molecule has 0 aliphatic carbocycles. The summed E-state index contributed by atoms with van der Waals surface area (Å²) in [4.78, 5) is 20.1. The number of hydrogen-bond donors (Lipinski definition) is 1. The van der Waals surface area contributed by atoms with Gasteiger partial charge in [0, 0.05) is 19.8 Å². The molecule has 1 rings (SSSR count). The molecule has 0 unspecified atom stereocenters. The van der Waals surface area contributed by atoms with Crippen LogP contribution >= 0.6 is 0 Å². The van der Waals surface area contributed by atoms with Crippen LogP contribution in [0.25, 0.3) is 0 Å². The summed E-state index contributed by atoms with van der Waals surface area (Å²) < 4.78 is 0. The van der Waals surface area contributed by atoms with Crippen LogP contribution in [0.2, 0.25) is 0 Å². The van der Waals surface area contributed by atoms with Crippen molar-refractivity contribution in [1.82, 2.24) is 14.9 Å². The molecule has 0 radical (unpaired) electrons. The highest BCUT2D eigenvalue weighted by atomic mass is 16.4. The Morgan fingerprint density at radius 3 is 2.56 bits per heavy atom. The Labute approximate surface area is 94.3 Å². The summed E-state index contributed by atoms with van der Waals surface area (Å²) in [6.45, 7) is 3.93. The Bertz CT molecular complexity index is 406. The number of nitrogens with zero attached hydrogens (tertiary/aromatic N) is 3. The molecule has 0 aliphatic heterocycles. The molecule has 6 heteroatoms. The fraction of sp³-hybridized carbons (Fsp3) is 0.500. The van der Waals surface area contributed by atoms with Crippen molar-refractivity contribution < 1.29 is 9.90 Å². The number of aromatic nitrogens is 2. The summed E-state index contributed by atoms with van der Waals surface area (Å²) in [5.74, 6) is 0.491. The van der Waals surface area contributed by atoms with Crippen molar-refractivity contribution in [2.24, 2.45) is 0 Å². The first-order chi connectivity index (χ1) is 7.45. The van der Waals surface area contributed by atoms with Crippen molar-refractivity contribution in [1.29, 1.82) is 0 Å². The lowest BCUT2D eigenvalue weighted by Crippen LogP contribution is -2.38. The minimum Gasteiger partial charge on any atom is -0.530 e. The summed E-state index contributed by atoms with van der Waals surface area (Å²) >= 11 is 0. The van der Waals surface area contributed by atoms with E-state index in [1.807, 2.05) is 13.8 Å². The van der Waals surface area contributed by atoms with Gasteiger partial charge in [-0.05, 0) is 19.4 Å². The van der Waals surface area contributed by atoms with Gasteiger partial charge >= 0.3 is 0 Å². The van der Waals surface area contributed by atoms with Crippen LogP contribution in [0.5, 0.6) is 0 Å². The molecule has 16 heavy (non-hydrogen) atoms. The van der Waals surface area contributed by atoms with E-state index in [2.05, 4.69) is 15.3 Å². The van der Waals surface area contributed by atoms with Gasteiger partial charge in [0.05, 0.1) is 12.2 Å². The first kappa shape index (κ1) is 12.2. The van der Waals surface area contributed by atoms with Gasteiger partial charge in [-0.15, -0.1) is 0 Å². The molecular formula is C10H15N4O2-. The van der Waals surface area contributed by atoms with E-state index in [9.17, 15) is 9.90 Å². The summed E-state index contributed by atoms with van der Waals surface area (Å²) in [6, 6.07) is 0. The minimum absolute atomic E-state index is 0.201. The van der Waals surface area contributed by atoms with Crippen molar-refractivity contribution in [3.05, 3.63) is 17.0 Å². The number of anilines is 1. The highest BCUT2D eigenvalue weighted by Crippen LogP contribution is 2.13. The van der Waals surface area contributed by atoms with E-state index in [-0.39, 0.29) is 6.54 Å². The van der Waals surface area contributed by atoms with Gasteiger partial charge in [-0.1, -0.05) is 0 Å². The number of carboxylic acid groups (broad SMARTS) is 1. The molecule has 0 atom stereocenters. The Morgan fingerprint density at radius 2 is 2.06 bits per heavy atom. The van der Waals surface area contributed by atoms with Crippen LogP contribution in [0.15, 0.2) is 0 Å². The van der Waals surface area contributed by atoms with Crippen LogP contribution in [0.3, 0.4) is 0 Å². The smallest absolute Gasteiger partial charge is 0.222 e. The van der Waals surface area contributed by atoms with E-state index >= 15 is 0 Å². The SMILES string of the molecule is CNc1nc(C)c(C)c(CN(C)C(=O)[O-])n1. The van der Waals surface area contributed by atoms with Gasteiger partial charge in [-0.3, -0.25) is 0 Å². The molecule has 1 aromatic rings. The third kappa shape index (κ3) is 2.59. The summed E-state index contributed by atoms with van der Waals surface area (Å²) in [5.41, 5.74) is 2.41. The van der Waals surface area contributed by atoms with E-state index in [1.165, 1.54) is 7.05 Å². The van der Waals surface area contributed by atoms with Crippen LogP contribution in [-0.4, -0.2) is 35.1 Å². The maximum atomic E-state index is 10.6. The molecule has 1 N–H and O–H groups in total. The van der Waals surface area contributed by atoms with Crippen LogP contribution in [0.4, 0.5) is 10.7 Å². The Balaban J connectivity index is 3.03. The number of nitrogens with one attached hydrogen (secondary N) is 1. The number of amides is 1. The van der Waals surface area contributed by atoms with E-state index < -0.39 is 6.09 Å². The Morgan fingerprint density at radius 1 is 1.44 bits per heavy atom. The maximum Gasteiger partial charge on any atom is 0.222 e. The molecular weight excluding hydrogens is 208 g/mol. The van der Waals surface area contributed by atoms with E-state index in [4.69, 9.17) is 0 Å². The first-order valence-electron chi connectivity index (χ1n) is 4.89. The molecule has 0 spiro atoms. The fourth-order valence-corrected chi connectivity index (χ4v) is 1.24. The van der Waals surface area contributed by atoms with Crippen molar-refractivity contribution >= 4 is 12.0 Å². The van der Waals surface area contributed by atoms with Gasteiger partial charge in [-0.25, -0.2) is 9.97 Å². The van der Waals surface area contributed by atoms with Gasteiger partial charge in [0.1, 0.15) is 6.09 Å². The lowest BCUT2D eigenvalue weighted by molar-refractivity contribution is -0.264. The van der Waals surface area contributed by atoms with Crippen LogP contribution in [-0.2, 0) is 6.54 Å². The molecule has 0 aliphatic rings. The topological polar surface area (TPSA) is 81.2 Å². The van der Waals surface area contributed by atoms with Crippen LogP contribution in [0.1, 0.15) is 17.0 Å². The quantitative estimate of drug-likeness (QED) is 0.774. The van der Waals surface area contributed by atoms with E-state index in [0.717, 1.165) is 16.2 Å². The zero-order valence-electron chi connectivity index (χ0n) is 9.87. The average molecular weight is 223 g/mol. The predicted octanol–water partition coefficient (Wildman–Crippen LogP) is -0.0898. The van der Waals surface area contributed by atoms with Crippen molar-refractivity contribution in [2.45, 2.75) is 20.4 Å². The van der Waals surface area contributed by atoms with Crippen molar-refractivity contribution in [2.75, 3.05) is 19.4 Å². The van der Waals surface area contributed by atoms with Gasteiger partial charge in [-0.2, -0.15) is 0 Å². The van der Waals surface area contributed by atoms with Gasteiger partial charge < -0.3 is 20.1 Å². The number of aryl methyl sites for hydroxylation is 1. The van der Waals surface area contributed by atoms with Gasteiger partial charge in [0.2, 0.25) is 5.95 Å². The molecule has 6 nitrogen and oxygen atoms in total. The first-order valence-corrected chi connectivity index (χ1v) is 4.89. The molecule has 0 bridgehead atoms. The normalized spacial score (nSPS) is 10.0. The molecule has 0 fully saturated rings. The monoisotopic (exact) mass is 223 g/mol. The lowest BCUT2D eigenvalue weighted by Gasteiger charge is -2.20. The Kier molecular flexibility index (Phi) is 3.65. The molecule has 0 saturated heterocycles. The van der Waals surface area contributed by atoms with Gasteiger partial charge in [0.15, 0.2) is 0 Å². The molecule has 88 valence electrons. The number of hydrogen-bond acceptors (Lipinski definition) is 5. The fourth-order valence-electron chi connectivity index (χ4n) is 1.24. The molecule has 1 amide bonds. The largest absolute Gasteiger partial charge is 0.530 e. The second kappa shape index (κ2) is 4.78. The second-order valence-corrected chi connectivity index (χ2v) is 3.58. The summed E-state index contributed by atoms with van der Waals surface area (Å²) in [6.07, 6.45) is -1.22. The third-order valence-electron chi connectivity index (χ3n) is 2.41. The third-order valence-corrected chi connectivity index (χ3v) is 2.41. The lowest BCUT2D eigenvalue weighted by atomic mass is 10.2. The van der Waals surface area contributed by atoms with E-state index in [0.29, 0.717) is 11.6 Å². The molecule has 1 heterocycles. The van der Waals surface area contributed by atoms with Crippen LogP contribution < -0.4 is 10.4 Å². The summed E-state index contributed by atoms with van der Waals surface area (Å²) in [5, 5.41) is 13.4. The Hall–Kier alpha value is -1.85. The molecule has 0 saturated carbocycles. The maximum absolute atomic E-state index is 10.6. The standard InChI is InChI=1S/C10H16N4O2/c1-6-7(2)12-9(11-3)13-8(6)5-14(4)10(15)16/h5H2,1-4H3,(H,15,16)(H,11,12,13)/p-1. The average Bonchev–Trinajstić information content (AvgIpc) is 2.24. The zero-order valence-corrected chi connectivity index (χ0v) is 9.87. The van der Waals surface area contributed by atoms with Gasteiger partial charge in [0.25, 0.3) is 0 Å². The number of carbonyl (C=O) groups is 1. The highest BCUT2D eigenvalue weighted by molar-refractivity contribution is 5.62. The minimum atomic E-state index is -1.22. The molecule has 0 aromatic carbocycles. The predicted molar refractivity (Wildman–Crippen MR) is 57.9 cm³/mol. The molecule has 1 aromatic heterocycles. The number of rotatable bonds is 3. The highest BCUT2D eigenvalue weighted by Gasteiger charge is 2.09. The van der Waals surface area contributed by atoms with Crippen molar-refractivity contribution in [3.63, 3.8) is 0 Å². The summed E-state index contributed by atoms with van der Waals surface area (Å²) in [7, 11) is 3.17. The van der Waals surface area contributed by atoms with Crippen LogP contribution in [0, 0.1) is 13.8 Å². The second-order valence-electron chi connectivity index (χ2n) is 3.58. The van der Waals surface area contributed by atoms with E-state index in [1.54, 1.807) is 7.05 Å². The number of carbonyl (C=O) groups excluding carboxylic acids is 1. The van der Waals surface area contributed by atoms with Crippen molar-refractivity contribution in [3.8, 4) is 0 Å². The zero-order chi connectivity index (χ0) is 12.3.